The molecule has 1 unspecified atom stereocenters. The molecular weight excluding hydrogens is 488 g/mol. The Morgan fingerprint density at radius 1 is 0.872 bits per heavy atom. The monoisotopic (exact) mass is 520 g/mol. The number of carbonyl (C=O) groups is 2. The van der Waals surface area contributed by atoms with Gasteiger partial charge in [-0.3, -0.25) is 14.9 Å². The van der Waals surface area contributed by atoms with Crippen molar-refractivity contribution in [2.75, 3.05) is 10.2 Å². The summed E-state index contributed by atoms with van der Waals surface area (Å²) in [6, 6.07) is 26.2. The van der Waals surface area contributed by atoms with E-state index in [1.165, 1.54) is 43.2 Å². The predicted octanol–water partition coefficient (Wildman–Crippen LogP) is 5.84. The van der Waals surface area contributed by atoms with E-state index < -0.39 is 0 Å². The molecule has 39 heavy (non-hydrogen) atoms. The average Bonchev–Trinajstić information content (AvgIpc) is 3.64. The molecule has 6 rings (SSSR count). The van der Waals surface area contributed by atoms with Crippen molar-refractivity contribution in [3.63, 3.8) is 0 Å². The quantitative estimate of drug-likeness (QED) is 0.304. The molecule has 198 valence electrons. The first-order valence-corrected chi connectivity index (χ1v) is 13.8. The highest BCUT2D eigenvalue weighted by molar-refractivity contribution is 6.03. The molecule has 2 aliphatic rings. The average molecular weight is 521 g/mol. The van der Waals surface area contributed by atoms with E-state index in [0.717, 1.165) is 17.7 Å². The fraction of sp³-hybridized carbons (Fsp3) is 0.323. The van der Waals surface area contributed by atoms with E-state index in [2.05, 4.69) is 62.3 Å². The van der Waals surface area contributed by atoms with Crippen molar-refractivity contribution in [1.29, 1.82) is 0 Å². The van der Waals surface area contributed by atoms with Crippen LogP contribution in [0.1, 0.15) is 77.4 Å². The van der Waals surface area contributed by atoms with Crippen LogP contribution in [0.25, 0.3) is 0 Å². The fourth-order valence-corrected chi connectivity index (χ4v) is 5.73. The Bertz CT molecular complexity index is 1400. The SMILES string of the molecule is O=C(Nc1nn[nH]n1)c1ccc(CN(C(=O)C2C[C@H]2c2ccccc2)c2ccc(C3CCCCC3)cc2)cc1. The Kier molecular flexibility index (Phi) is 7.17. The molecule has 2 fully saturated rings. The summed E-state index contributed by atoms with van der Waals surface area (Å²) in [4.78, 5) is 28.3. The molecule has 1 heterocycles. The molecule has 8 nitrogen and oxygen atoms in total. The number of aromatic amines is 1. The lowest BCUT2D eigenvalue weighted by atomic mass is 9.84. The summed E-state index contributed by atoms with van der Waals surface area (Å²) in [5, 5.41) is 15.9. The Labute approximate surface area is 227 Å². The fourth-order valence-electron chi connectivity index (χ4n) is 5.73. The molecule has 2 amide bonds. The number of carbonyl (C=O) groups excluding carboxylic acids is 2. The van der Waals surface area contributed by atoms with Gasteiger partial charge in [0.2, 0.25) is 5.91 Å². The van der Waals surface area contributed by atoms with E-state index >= 15 is 0 Å². The van der Waals surface area contributed by atoms with Crippen molar-refractivity contribution in [3.05, 3.63) is 101 Å². The third-order valence-corrected chi connectivity index (χ3v) is 8.01. The number of tetrazole rings is 1. The molecule has 3 aromatic carbocycles. The van der Waals surface area contributed by atoms with E-state index in [4.69, 9.17) is 0 Å². The van der Waals surface area contributed by atoms with Crippen molar-refractivity contribution in [1.82, 2.24) is 20.6 Å². The van der Waals surface area contributed by atoms with E-state index in [9.17, 15) is 9.59 Å². The molecule has 8 heteroatoms. The summed E-state index contributed by atoms with van der Waals surface area (Å²) in [5.41, 5.74) is 4.94. The minimum absolute atomic E-state index is 0.0227. The normalized spacial score (nSPS) is 18.9. The van der Waals surface area contributed by atoms with Gasteiger partial charge in [0.05, 0.1) is 6.54 Å². The summed E-state index contributed by atoms with van der Waals surface area (Å²) in [5.74, 6) is 0.805. The largest absolute Gasteiger partial charge is 0.308 e. The first-order chi connectivity index (χ1) is 19.2. The van der Waals surface area contributed by atoms with E-state index in [1.807, 2.05) is 35.2 Å². The second-order valence-electron chi connectivity index (χ2n) is 10.6. The number of hydrogen-bond donors (Lipinski definition) is 2. The number of hydrogen-bond acceptors (Lipinski definition) is 5. The zero-order valence-corrected chi connectivity index (χ0v) is 21.8. The van der Waals surface area contributed by atoms with Gasteiger partial charge < -0.3 is 4.90 Å². The third-order valence-electron chi connectivity index (χ3n) is 8.01. The number of H-pyrrole nitrogens is 1. The number of aromatic nitrogens is 4. The molecule has 0 bridgehead atoms. The van der Waals surface area contributed by atoms with Crippen LogP contribution in [-0.4, -0.2) is 32.4 Å². The van der Waals surface area contributed by atoms with Crippen LogP contribution in [0.5, 0.6) is 0 Å². The van der Waals surface area contributed by atoms with E-state index in [1.54, 1.807) is 12.1 Å². The van der Waals surface area contributed by atoms with Crippen LogP contribution in [0.15, 0.2) is 78.9 Å². The summed E-state index contributed by atoms with van der Waals surface area (Å²) in [7, 11) is 0. The van der Waals surface area contributed by atoms with Crippen molar-refractivity contribution in [2.45, 2.75) is 56.9 Å². The Morgan fingerprint density at radius 2 is 1.62 bits per heavy atom. The Balaban J connectivity index is 1.21. The lowest BCUT2D eigenvalue weighted by molar-refractivity contribution is -0.120. The van der Waals surface area contributed by atoms with E-state index in [-0.39, 0.29) is 29.6 Å². The zero-order valence-electron chi connectivity index (χ0n) is 21.8. The van der Waals surface area contributed by atoms with Gasteiger partial charge in [0.1, 0.15) is 0 Å². The molecule has 2 aliphatic carbocycles. The highest BCUT2D eigenvalue weighted by atomic mass is 16.2. The smallest absolute Gasteiger partial charge is 0.270 e. The summed E-state index contributed by atoms with van der Waals surface area (Å²) in [6.45, 7) is 0.437. The Morgan fingerprint density at radius 3 is 2.31 bits per heavy atom. The second kappa shape index (κ2) is 11.2. The minimum atomic E-state index is -0.321. The maximum absolute atomic E-state index is 13.9. The summed E-state index contributed by atoms with van der Waals surface area (Å²) >= 11 is 0. The second-order valence-corrected chi connectivity index (χ2v) is 10.6. The lowest BCUT2D eigenvalue weighted by Gasteiger charge is -2.26. The lowest BCUT2D eigenvalue weighted by Crippen LogP contribution is -2.32. The van der Waals surface area contributed by atoms with Crippen LogP contribution in [0, 0.1) is 5.92 Å². The molecule has 1 aromatic heterocycles. The maximum atomic E-state index is 13.9. The summed E-state index contributed by atoms with van der Waals surface area (Å²) < 4.78 is 0. The molecule has 0 saturated heterocycles. The maximum Gasteiger partial charge on any atom is 0.270 e. The van der Waals surface area contributed by atoms with Crippen LogP contribution in [0.3, 0.4) is 0 Å². The van der Waals surface area contributed by atoms with Gasteiger partial charge in [0, 0.05) is 17.2 Å². The molecule has 2 atom stereocenters. The topological polar surface area (TPSA) is 104 Å². The standard InChI is InChI=1S/C31H32N6O2/c38-29(32-31-33-35-36-34-31)25-13-11-21(12-14-25)20-37(30(39)28-19-27(28)24-9-5-2-6-10-24)26-17-15-23(16-18-26)22-7-3-1-4-8-22/h2,5-6,9-18,22,27-28H,1,3-4,7-8,19-20H2,(H2,32,33,34,35,36,38)/t27-,28?/m0/s1. The first kappa shape index (κ1) is 25.0. The van der Waals surface area contributed by atoms with E-state index in [0.29, 0.717) is 18.0 Å². The molecular formula is C31H32N6O2. The van der Waals surface area contributed by atoms with Crippen LogP contribution in [0.2, 0.25) is 0 Å². The number of benzene rings is 3. The van der Waals surface area contributed by atoms with Gasteiger partial charge in [-0.2, -0.15) is 5.21 Å². The van der Waals surface area contributed by atoms with Crippen LogP contribution in [0.4, 0.5) is 11.6 Å². The van der Waals surface area contributed by atoms with Crippen molar-refractivity contribution < 1.29 is 9.59 Å². The summed E-state index contributed by atoms with van der Waals surface area (Å²) in [6.07, 6.45) is 7.28. The van der Waals surface area contributed by atoms with Gasteiger partial charge in [-0.05, 0) is 77.3 Å². The molecule has 2 N–H and O–H groups in total. The minimum Gasteiger partial charge on any atom is -0.308 e. The predicted molar refractivity (Wildman–Crippen MR) is 149 cm³/mol. The van der Waals surface area contributed by atoms with Gasteiger partial charge in [-0.1, -0.05) is 79.0 Å². The third kappa shape index (κ3) is 5.74. The zero-order chi connectivity index (χ0) is 26.6. The molecule has 0 aliphatic heterocycles. The number of anilines is 2. The number of nitrogens with zero attached hydrogens (tertiary/aromatic N) is 4. The van der Waals surface area contributed by atoms with Crippen molar-refractivity contribution in [3.8, 4) is 0 Å². The molecule has 2 saturated carbocycles. The van der Waals surface area contributed by atoms with Gasteiger partial charge in [0.25, 0.3) is 11.9 Å². The van der Waals surface area contributed by atoms with Gasteiger partial charge >= 0.3 is 0 Å². The van der Waals surface area contributed by atoms with Crippen molar-refractivity contribution >= 4 is 23.5 Å². The van der Waals surface area contributed by atoms with Gasteiger partial charge in [0.15, 0.2) is 0 Å². The van der Waals surface area contributed by atoms with Crippen molar-refractivity contribution in [2.24, 2.45) is 5.92 Å². The Hall–Kier alpha value is -4.33. The highest BCUT2D eigenvalue weighted by Gasteiger charge is 2.46. The highest BCUT2D eigenvalue weighted by Crippen LogP contribution is 2.49. The number of nitrogens with one attached hydrogen (secondary N) is 2. The van der Waals surface area contributed by atoms with Crippen LogP contribution < -0.4 is 10.2 Å². The van der Waals surface area contributed by atoms with Crippen LogP contribution >= 0.6 is 0 Å². The van der Waals surface area contributed by atoms with Crippen LogP contribution in [-0.2, 0) is 11.3 Å². The van der Waals surface area contributed by atoms with Gasteiger partial charge in [-0.25, -0.2) is 0 Å². The molecule has 0 radical (unpaired) electrons. The molecule has 4 aromatic rings. The molecule has 0 spiro atoms. The number of amides is 2. The number of rotatable bonds is 8. The van der Waals surface area contributed by atoms with Gasteiger partial charge in [-0.15, -0.1) is 5.10 Å². The first-order valence-electron chi connectivity index (χ1n) is 13.8.